The average Bonchev–Trinajstić information content (AvgIpc) is 3.08. The zero-order valence-electron chi connectivity index (χ0n) is 15.0. The van der Waals surface area contributed by atoms with Gasteiger partial charge in [0.2, 0.25) is 0 Å². The number of hydrogen-bond donors (Lipinski definition) is 1. The molecule has 1 saturated heterocycles. The van der Waals surface area contributed by atoms with E-state index in [1.54, 1.807) is 6.26 Å². The van der Waals surface area contributed by atoms with E-state index in [1.165, 1.54) is 6.42 Å². The van der Waals surface area contributed by atoms with Crippen LogP contribution in [-0.4, -0.2) is 50.8 Å². The van der Waals surface area contributed by atoms with Crippen LogP contribution in [0, 0.1) is 5.92 Å². The lowest BCUT2D eigenvalue weighted by Crippen LogP contribution is -2.43. The quantitative estimate of drug-likeness (QED) is 0.286. The van der Waals surface area contributed by atoms with Gasteiger partial charge in [0.25, 0.3) is 0 Å². The molecular weight excluding hydrogens is 417 g/mol. The van der Waals surface area contributed by atoms with Gasteiger partial charge in [-0.1, -0.05) is 13.3 Å². The van der Waals surface area contributed by atoms with Crippen LogP contribution in [0.25, 0.3) is 0 Å². The van der Waals surface area contributed by atoms with Gasteiger partial charge in [0.05, 0.1) is 6.26 Å². The normalized spacial score (nSPS) is 15.8. The van der Waals surface area contributed by atoms with E-state index >= 15 is 0 Å². The predicted octanol–water partition coefficient (Wildman–Crippen LogP) is 3.54. The van der Waals surface area contributed by atoms with E-state index in [-0.39, 0.29) is 24.0 Å². The summed E-state index contributed by atoms with van der Waals surface area (Å²) in [5, 5.41) is 3.49. The van der Waals surface area contributed by atoms with Crippen LogP contribution in [0.4, 0.5) is 0 Å². The highest BCUT2D eigenvalue weighted by atomic mass is 127. The summed E-state index contributed by atoms with van der Waals surface area (Å²) in [7, 11) is 2.14. The van der Waals surface area contributed by atoms with Gasteiger partial charge in [-0.3, -0.25) is 4.99 Å². The maximum Gasteiger partial charge on any atom is 0.193 e. The molecule has 24 heavy (non-hydrogen) atoms. The minimum atomic E-state index is 0. The lowest BCUT2D eigenvalue weighted by atomic mass is 10.00. The van der Waals surface area contributed by atoms with Crippen molar-refractivity contribution >= 4 is 29.9 Å². The third-order valence-corrected chi connectivity index (χ3v) is 4.24. The van der Waals surface area contributed by atoms with E-state index < -0.39 is 0 Å². The first-order chi connectivity index (χ1) is 11.3. The summed E-state index contributed by atoms with van der Waals surface area (Å²) in [6.07, 6.45) is 7.22. The van der Waals surface area contributed by atoms with E-state index in [2.05, 4.69) is 24.2 Å². The molecule has 1 aromatic heterocycles. The molecule has 0 amide bonds. The Morgan fingerprint density at radius 1 is 1.38 bits per heavy atom. The lowest BCUT2D eigenvalue weighted by molar-refractivity contribution is 0.0610. The van der Waals surface area contributed by atoms with E-state index in [4.69, 9.17) is 14.1 Å². The van der Waals surface area contributed by atoms with Gasteiger partial charge in [0.15, 0.2) is 5.96 Å². The van der Waals surface area contributed by atoms with Gasteiger partial charge in [0.1, 0.15) is 5.76 Å². The fourth-order valence-electron chi connectivity index (χ4n) is 2.81. The van der Waals surface area contributed by atoms with E-state index in [1.807, 2.05) is 12.1 Å². The number of unbranched alkanes of at least 4 members (excludes halogenated alkanes) is 1. The summed E-state index contributed by atoms with van der Waals surface area (Å²) >= 11 is 0. The summed E-state index contributed by atoms with van der Waals surface area (Å²) < 4.78 is 10.8. The monoisotopic (exact) mass is 449 g/mol. The summed E-state index contributed by atoms with van der Waals surface area (Å²) in [4.78, 5) is 7.04. The fourth-order valence-corrected chi connectivity index (χ4v) is 2.81. The Morgan fingerprint density at radius 2 is 2.17 bits per heavy atom. The summed E-state index contributed by atoms with van der Waals surface area (Å²) in [6.45, 7) is 6.76. The largest absolute Gasteiger partial charge is 0.469 e. The number of aliphatic imine (C=N–C) groups is 1. The van der Waals surface area contributed by atoms with Crippen LogP contribution in [0.1, 0.15) is 38.4 Å². The minimum absolute atomic E-state index is 0. The van der Waals surface area contributed by atoms with Gasteiger partial charge in [-0.15, -0.1) is 24.0 Å². The van der Waals surface area contributed by atoms with Crippen molar-refractivity contribution in [3.8, 4) is 0 Å². The van der Waals surface area contributed by atoms with Crippen molar-refractivity contribution in [3.05, 3.63) is 24.2 Å². The van der Waals surface area contributed by atoms with Crippen molar-refractivity contribution in [2.45, 2.75) is 39.0 Å². The molecule has 0 aliphatic carbocycles. The van der Waals surface area contributed by atoms with Gasteiger partial charge in [0, 0.05) is 46.3 Å². The third kappa shape index (κ3) is 7.88. The fraction of sp³-hybridized carbons (Fsp3) is 0.722. The molecule has 5 nitrogen and oxygen atoms in total. The third-order valence-electron chi connectivity index (χ3n) is 4.24. The molecule has 0 radical (unpaired) electrons. The van der Waals surface area contributed by atoms with Crippen LogP contribution in [0.2, 0.25) is 0 Å². The molecule has 1 N–H and O–H groups in total. The SMILES string of the molecule is CCCCN=C(NCCc1ccco1)N(C)CC1CCOCC1.I. The molecule has 1 aromatic rings. The number of hydrogen-bond acceptors (Lipinski definition) is 3. The minimum Gasteiger partial charge on any atom is -0.469 e. The van der Waals surface area contributed by atoms with Crippen LogP contribution in [0.3, 0.4) is 0 Å². The van der Waals surface area contributed by atoms with Gasteiger partial charge < -0.3 is 19.4 Å². The van der Waals surface area contributed by atoms with Crippen molar-refractivity contribution in [2.75, 3.05) is 39.9 Å². The molecule has 1 aliphatic heterocycles. The summed E-state index contributed by atoms with van der Waals surface area (Å²) in [5.41, 5.74) is 0. The molecule has 1 aliphatic rings. The first-order valence-corrected chi connectivity index (χ1v) is 8.89. The Bertz CT molecular complexity index is 445. The Hall–Kier alpha value is -0.760. The van der Waals surface area contributed by atoms with Crippen molar-refractivity contribution in [2.24, 2.45) is 10.9 Å². The molecule has 0 saturated carbocycles. The van der Waals surface area contributed by atoms with E-state index in [9.17, 15) is 0 Å². The molecule has 0 unspecified atom stereocenters. The first-order valence-electron chi connectivity index (χ1n) is 8.89. The molecule has 1 fully saturated rings. The Morgan fingerprint density at radius 3 is 2.83 bits per heavy atom. The maximum atomic E-state index is 5.45. The summed E-state index contributed by atoms with van der Waals surface area (Å²) in [6, 6.07) is 3.95. The number of rotatable bonds is 8. The number of ether oxygens (including phenoxy) is 1. The Labute approximate surface area is 163 Å². The van der Waals surface area contributed by atoms with Crippen molar-refractivity contribution < 1.29 is 9.15 Å². The molecule has 138 valence electrons. The second kappa shape index (κ2) is 12.6. The average molecular weight is 449 g/mol. The second-order valence-corrected chi connectivity index (χ2v) is 6.25. The smallest absolute Gasteiger partial charge is 0.193 e. The highest BCUT2D eigenvalue weighted by molar-refractivity contribution is 14.0. The standard InChI is InChI=1S/C18H31N3O2.HI/c1-3-4-10-19-18(20-11-7-17-6-5-12-23-17)21(2)15-16-8-13-22-14-9-16;/h5-6,12,16H,3-4,7-11,13-15H2,1-2H3,(H,19,20);1H. The molecule has 0 spiro atoms. The van der Waals surface area contributed by atoms with E-state index in [0.717, 1.165) is 70.3 Å². The van der Waals surface area contributed by atoms with Crippen LogP contribution in [0.15, 0.2) is 27.8 Å². The zero-order valence-corrected chi connectivity index (χ0v) is 17.3. The highest BCUT2D eigenvalue weighted by Gasteiger charge is 2.17. The first kappa shape index (κ1) is 21.3. The zero-order chi connectivity index (χ0) is 16.3. The van der Waals surface area contributed by atoms with Crippen LogP contribution in [0.5, 0.6) is 0 Å². The Kier molecular flexibility index (Phi) is 11.2. The Balaban J connectivity index is 0.00000288. The topological polar surface area (TPSA) is 50.0 Å². The molecule has 2 heterocycles. The number of furan rings is 1. The van der Waals surface area contributed by atoms with Crippen LogP contribution >= 0.6 is 24.0 Å². The number of nitrogens with one attached hydrogen (secondary N) is 1. The highest BCUT2D eigenvalue weighted by Crippen LogP contribution is 2.15. The van der Waals surface area contributed by atoms with Gasteiger partial charge >= 0.3 is 0 Å². The van der Waals surface area contributed by atoms with Gasteiger partial charge in [-0.25, -0.2) is 0 Å². The maximum absolute atomic E-state index is 5.45. The number of halogens is 1. The summed E-state index contributed by atoms with van der Waals surface area (Å²) in [5.74, 6) is 2.73. The lowest BCUT2D eigenvalue weighted by Gasteiger charge is -2.29. The number of guanidine groups is 1. The molecular formula is C18H32IN3O2. The molecule has 0 aromatic carbocycles. The molecule has 6 heteroatoms. The second-order valence-electron chi connectivity index (χ2n) is 6.25. The van der Waals surface area contributed by atoms with Crippen LogP contribution < -0.4 is 5.32 Å². The van der Waals surface area contributed by atoms with Gasteiger partial charge in [-0.2, -0.15) is 0 Å². The van der Waals surface area contributed by atoms with Crippen LogP contribution in [-0.2, 0) is 11.2 Å². The van der Waals surface area contributed by atoms with Gasteiger partial charge in [-0.05, 0) is 37.3 Å². The van der Waals surface area contributed by atoms with Crippen molar-refractivity contribution in [1.29, 1.82) is 0 Å². The van der Waals surface area contributed by atoms with Crippen molar-refractivity contribution in [1.82, 2.24) is 10.2 Å². The molecule has 0 atom stereocenters. The molecule has 2 rings (SSSR count). The van der Waals surface area contributed by atoms with E-state index in [0.29, 0.717) is 5.92 Å². The number of nitrogens with zero attached hydrogens (tertiary/aromatic N) is 2. The molecule has 0 bridgehead atoms. The predicted molar refractivity (Wildman–Crippen MR) is 109 cm³/mol. The van der Waals surface area contributed by atoms with Crippen molar-refractivity contribution in [3.63, 3.8) is 0 Å².